The molecular formula is C67H123NO18. The minimum Gasteiger partial charge on any atom is -0.394 e. The quantitative estimate of drug-likeness (QED) is 0.0201. The molecule has 0 saturated carbocycles. The molecule has 3 saturated heterocycles. The van der Waals surface area contributed by atoms with Gasteiger partial charge in [0.1, 0.15) is 73.2 Å². The van der Waals surface area contributed by atoms with Gasteiger partial charge in [-0.1, -0.05) is 224 Å². The van der Waals surface area contributed by atoms with Gasteiger partial charge in [-0.25, -0.2) is 0 Å². The molecule has 0 bridgehead atoms. The summed E-state index contributed by atoms with van der Waals surface area (Å²) >= 11 is 0. The maximum atomic E-state index is 13.4. The number of aliphatic hydroxyl groups is 11. The maximum Gasteiger partial charge on any atom is 0.220 e. The summed E-state index contributed by atoms with van der Waals surface area (Å²) in [5, 5.41) is 120. The van der Waals surface area contributed by atoms with Gasteiger partial charge in [-0.15, -0.1) is 0 Å². The lowest BCUT2D eigenvalue weighted by Gasteiger charge is -2.48. The number of aliphatic hydroxyl groups excluding tert-OH is 11. The highest BCUT2D eigenvalue weighted by Gasteiger charge is 2.53. The number of unbranched alkanes of at least 4 members (excludes halogenated alkanes) is 32. The second-order valence-electron chi connectivity index (χ2n) is 24.6. The molecule has 3 aliphatic heterocycles. The third kappa shape index (κ3) is 31.8. The summed E-state index contributed by atoms with van der Waals surface area (Å²) < 4.78 is 34.3. The Hall–Kier alpha value is -1.99. The fourth-order valence-corrected chi connectivity index (χ4v) is 11.6. The van der Waals surface area contributed by atoms with E-state index in [4.69, 9.17) is 28.4 Å². The first-order valence-corrected chi connectivity index (χ1v) is 34.2. The lowest BCUT2D eigenvalue weighted by atomic mass is 9.96. The van der Waals surface area contributed by atoms with Crippen LogP contribution in [-0.4, -0.2) is 193 Å². The Morgan fingerprint density at radius 1 is 0.407 bits per heavy atom. The molecule has 0 aromatic rings. The molecule has 0 spiro atoms. The van der Waals surface area contributed by atoms with Gasteiger partial charge in [-0.3, -0.25) is 4.79 Å². The van der Waals surface area contributed by atoms with E-state index in [0.717, 1.165) is 51.4 Å². The first-order chi connectivity index (χ1) is 41.8. The van der Waals surface area contributed by atoms with E-state index in [1.54, 1.807) is 6.08 Å². The van der Waals surface area contributed by atoms with Crippen LogP contribution >= 0.6 is 0 Å². The zero-order valence-electron chi connectivity index (χ0n) is 53.0. The van der Waals surface area contributed by atoms with E-state index in [1.807, 2.05) is 6.08 Å². The maximum absolute atomic E-state index is 13.4. The summed E-state index contributed by atoms with van der Waals surface area (Å²) in [6, 6.07) is -0.992. The van der Waals surface area contributed by atoms with Gasteiger partial charge in [0.25, 0.3) is 0 Å². The van der Waals surface area contributed by atoms with Crippen molar-refractivity contribution in [2.24, 2.45) is 0 Å². The zero-order valence-corrected chi connectivity index (χ0v) is 53.0. The van der Waals surface area contributed by atoms with Crippen molar-refractivity contribution in [1.29, 1.82) is 0 Å². The van der Waals surface area contributed by atoms with E-state index < -0.39 is 124 Å². The summed E-state index contributed by atoms with van der Waals surface area (Å²) in [5.74, 6) is -0.289. The molecule has 3 heterocycles. The number of carbonyl (C=O) groups is 1. The van der Waals surface area contributed by atoms with Gasteiger partial charge in [0.15, 0.2) is 18.9 Å². The van der Waals surface area contributed by atoms with Crippen LogP contribution in [0.1, 0.15) is 251 Å². The number of hydrogen-bond acceptors (Lipinski definition) is 18. The van der Waals surface area contributed by atoms with Crippen molar-refractivity contribution in [2.75, 3.05) is 26.4 Å². The number of ether oxygens (including phenoxy) is 6. The molecule has 86 heavy (non-hydrogen) atoms. The van der Waals surface area contributed by atoms with Crippen molar-refractivity contribution in [3.8, 4) is 0 Å². The molecule has 3 fully saturated rings. The predicted octanol–water partition coefficient (Wildman–Crippen LogP) is 8.44. The first-order valence-electron chi connectivity index (χ1n) is 34.2. The van der Waals surface area contributed by atoms with Crippen LogP contribution in [-0.2, 0) is 33.2 Å². The molecule has 3 rings (SSSR count). The molecular weight excluding hydrogens is 1110 g/mol. The van der Waals surface area contributed by atoms with Crippen LogP contribution in [0.4, 0.5) is 0 Å². The highest BCUT2D eigenvalue weighted by molar-refractivity contribution is 5.76. The first kappa shape index (κ1) is 78.3. The lowest BCUT2D eigenvalue weighted by Crippen LogP contribution is -2.66. The summed E-state index contributed by atoms with van der Waals surface area (Å²) in [6.45, 7) is 1.72. The number of nitrogens with one attached hydrogen (secondary N) is 1. The topological polar surface area (TPSA) is 307 Å². The Bertz CT molecular complexity index is 1710. The van der Waals surface area contributed by atoms with E-state index in [1.165, 1.54) is 167 Å². The average molecular weight is 1230 g/mol. The number of carbonyl (C=O) groups excluding carboxylic acids is 1. The monoisotopic (exact) mass is 1230 g/mol. The zero-order chi connectivity index (χ0) is 62.6. The molecule has 19 nitrogen and oxygen atoms in total. The Morgan fingerprint density at radius 2 is 0.744 bits per heavy atom. The second kappa shape index (κ2) is 49.7. The van der Waals surface area contributed by atoms with Crippen LogP contribution < -0.4 is 5.32 Å². The van der Waals surface area contributed by atoms with Gasteiger partial charge in [0.05, 0.1) is 38.6 Å². The fourth-order valence-electron chi connectivity index (χ4n) is 11.6. The van der Waals surface area contributed by atoms with Crippen molar-refractivity contribution in [1.82, 2.24) is 5.32 Å². The van der Waals surface area contributed by atoms with E-state index >= 15 is 0 Å². The minimum absolute atomic E-state index is 0.231. The minimum atomic E-state index is -1.98. The van der Waals surface area contributed by atoms with Crippen LogP contribution in [0.3, 0.4) is 0 Å². The summed E-state index contributed by atoms with van der Waals surface area (Å²) in [6.07, 6.45) is 29.8. The highest BCUT2D eigenvalue weighted by Crippen LogP contribution is 2.33. The molecule has 504 valence electrons. The van der Waals surface area contributed by atoms with Crippen LogP contribution in [0.15, 0.2) is 36.5 Å². The van der Waals surface area contributed by atoms with Crippen molar-refractivity contribution in [3.63, 3.8) is 0 Å². The van der Waals surface area contributed by atoms with E-state index in [-0.39, 0.29) is 18.9 Å². The van der Waals surface area contributed by atoms with Gasteiger partial charge < -0.3 is 89.9 Å². The van der Waals surface area contributed by atoms with Crippen molar-refractivity contribution in [3.05, 3.63) is 36.5 Å². The molecule has 19 heteroatoms. The summed E-state index contributed by atoms with van der Waals surface area (Å²) in [5.41, 5.74) is 0. The number of allylic oxidation sites excluding steroid dienone is 5. The number of hydrogen-bond donors (Lipinski definition) is 12. The van der Waals surface area contributed by atoms with Crippen LogP contribution in [0.5, 0.6) is 0 Å². The molecule has 12 N–H and O–H groups in total. The number of amides is 1. The van der Waals surface area contributed by atoms with E-state index in [0.29, 0.717) is 12.8 Å². The Labute approximate surface area is 517 Å². The van der Waals surface area contributed by atoms with Crippen LogP contribution in [0.25, 0.3) is 0 Å². The molecule has 0 aromatic carbocycles. The normalized spacial score (nSPS) is 29.0. The largest absolute Gasteiger partial charge is 0.394 e. The third-order valence-electron chi connectivity index (χ3n) is 17.2. The third-order valence-corrected chi connectivity index (χ3v) is 17.2. The average Bonchev–Trinajstić information content (AvgIpc) is 2.24. The SMILES string of the molecule is CCCCCCCC/C=C\CCCCCCCCCC(=O)NC(COC1OC(CO)C(OC2OC(CO)C(OC3OC(CO)C(O)C(O)C3O)C(O)C2O)C(O)C1O)C(O)/C=C/CC/C=C/CCCCCCCCCCCCCCCCCCCC. The van der Waals surface area contributed by atoms with Gasteiger partial charge in [0, 0.05) is 6.42 Å². The van der Waals surface area contributed by atoms with Crippen molar-refractivity contribution >= 4 is 5.91 Å². The summed E-state index contributed by atoms with van der Waals surface area (Å²) in [4.78, 5) is 13.4. The van der Waals surface area contributed by atoms with Gasteiger partial charge in [0.2, 0.25) is 5.91 Å². The number of rotatable bonds is 52. The van der Waals surface area contributed by atoms with E-state index in [9.17, 15) is 61.0 Å². The van der Waals surface area contributed by atoms with E-state index in [2.05, 4.69) is 43.5 Å². The standard InChI is InChI=1S/C67H123NO18/c1-3-5-7-9-11-13-15-17-19-21-22-23-24-25-26-27-29-30-32-34-36-38-40-42-44-51(72)50(68-55(73)45-43-41-39-37-35-33-31-28-20-18-16-14-12-10-8-6-4-2)49-81-65-61(79)58(76)63(53(47-70)83-65)86-67-62(80)59(77)64(54(48-71)84-67)85-66-60(78)57(75)56(74)52(46-69)82-66/h18,20,34,36,42,44,50-54,56-67,69-72,74-80H,3-17,19,21-33,35,37-41,43,45-49H2,1-2H3,(H,68,73)/b20-18-,36-34+,44-42+. The van der Waals surface area contributed by atoms with Crippen molar-refractivity contribution in [2.45, 2.75) is 356 Å². The van der Waals surface area contributed by atoms with Crippen molar-refractivity contribution < 1.29 is 89.4 Å². The molecule has 17 atom stereocenters. The molecule has 0 radical (unpaired) electrons. The smallest absolute Gasteiger partial charge is 0.220 e. The molecule has 1 amide bonds. The lowest BCUT2D eigenvalue weighted by molar-refractivity contribution is -0.379. The Kier molecular flexibility index (Phi) is 45.2. The van der Waals surface area contributed by atoms with Gasteiger partial charge in [-0.2, -0.15) is 0 Å². The summed E-state index contributed by atoms with van der Waals surface area (Å²) in [7, 11) is 0. The van der Waals surface area contributed by atoms with Gasteiger partial charge in [-0.05, 0) is 57.8 Å². The van der Waals surface area contributed by atoms with Gasteiger partial charge >= 0.3 is 0 Å². The predicted molar refractivity (Wildman–Crippen MR) is 333 cm³/mol. The van der Waals surface area contributed by atoms with Crippen LogP contribution in [0.2, 0.25) is 0 Å². The Morgan fingerprint density at radius 3 is 1.16 bits per heavy atom. The second-order valence-corrected chi connectivity index (χ2v) is 24.6. The molecule has 17 unspecified atom stereocenters. The highest BCUT2D eigenvalue weighted by atomic mass is 16.8. The molecule has 0 aromatic heterocycles. The molecule has 0 aliphatic carbocycles. The molecule has 3 aliphatic rings. The Balaban J connectivity index is 1.46. The fraction of sp³-hybridized carbons (Fsp3) is 0.896. The van der Waals surface area contributed by atoms with Crippen LogP contribution in [0, 0.1) is 0 Å².